The van der Waals surface area contributed by atoms with E-state index in [0.717, 1.165) is 0 Å². The third-order valence-electron chi connectivity index (χ3n) is 13.7. The molecule has 35 heteroatoms. The van der Waals surface area contributed by atoms with E-state index in [4.69, 9.17) is 52.1 Å². The van der Waals surface area contributed by atoms with E-state index in [9.17, 15) is 123 Å². The van der Waals surface area contributed by atoms with Gasteiger partial charge in [0.15, 0.2) is 25.2 Å². The van der Waals surface area contributed by atoms with Crippen LogP contribution >= 0.6 is 0 Å². The molecule has 0 aliphatic carbocycles. The van der Waals surface area contributed by atoms with Gasteiger partial charge in [0.1, 0.15) is 171 Å². The van der Waals surface area contributed by atoms with E-state index >= 15 is 0 Å². The number of fused-ring (bicyclic) bond motifs is 4. The van der Waals surface area contributed by atoms with Gasteiger partial charge in [-0.3, -0.25) is 0 Å². The molecule has 9 aliphatic heterocycles. The normalized spacial score (nSPS) is 49.2. The Kier molecular flexibility index (Phi) is 26.1. The number of rotatable bonds is 10. The topological polar surface area (TPSA) is 587 Å². The summed E-state index contributed by atoms with van der Waals surface area (Å²) in [5, 5.41) is 258. The molecule has 0 aromatic heterocycles. The average Bonchev–Trinajstić information content (AvgIpc) is 3.43. The van der Waals surface area contributed by atoms with Crippen molar-refractivity contribution in [2.45, 2.75) is 196 Å². The maximum absolute atomic E-state index is 11.2. The molecule has 0 aromatic carbocycles. The van der Waals surface area contributed by atoms with Crippen LogP contribution in [0.4, 0.5) is 0 Å². The van der Waals surface area contributed by atoms with Gasteiger partial charge in [-0.25, -0.2) is 0 Å². The molecule has 0 amide bonds. The molecule has 8 bridgehead atoms. The van der Waals surface area contributed by atoms with Gasteiger partial charge in [-0.1, -0.05) is 0 Å². The molecule has 9 aliphatic rings. The van der Waals surface area contributed by atoms with Crippen LogP contribution in [0, 0.1) is 0 Å². The molecule has 9 fully saturated rings. The minimum atomic E-state index is -2.40. The van der Waals surface area contributed by atoms with Crippen LogP contribution in [-0.4, -0.2) is 385 Å². The molecule has 9 rings (SSSR count). The fraction of sp³-hybridized carbons (Fsp3) is 1.00. The molecule has 0 spiro atoms. The Labute approximate surface area is 436 Å². The summed E-state index contributed by atoms with van der Waals surface area (Å²) >= 11 is 0. The lowest BCUT2D eigenvalue weighted by atomic mass is 9.96. The fourth-order valence-electron chi connectivity index (χ4n) is 9.16. The molecule has 454 valence electrons. The maximum Gasteiger partial charge on any atom is 0.187 e. The van der Waals surface area contributed by atoms with Crippen LogP contribution in [0.5, 0.6) is 0 Å². The molecule has 24 N–H and O–H groups in total. The summed E-state index contributed by atoms with van der Waals surface area (Å²) in [4.78, 5) is 0. The summed E-state index contributed by atoms with van der Waals surface area (Å²) in [6.07, 6.45) is -67.2. The van der Waals surface area contributed by atoms with Gasteiger partial charge in [0, 0.05) is 0 Å². The largest absolute Gasteiger partial charge is 0.394 e. The number of aliphatic hydroxyl groups excluding tert-OH is 24. The van der Waals surface area contributed by atoms with E-state index in [1.54, 1.807) is 0 Å². The Hall–Kier alpha value is -1.40. The Balaban J connectivity index is 1.46. The standard InChI is InChI=1S/C42H76O35/c43-1-11(50)32-21(56)14(53)9-68-35-17(4-46)70-41(28(63)24(35)59)76-38-20(7-49)73-40(31(66)27(38)62)75-34(13(52)3-45)23(58)16(55)10-69-36-18(5-47)71-42(29(64)25(36)60)77-37-19(6-48)72-39(30(65)26(37)61)74-33(12(51)2-44)22(57)15(54)8-67-32/h11-66H,1-10H2/t11-,12-,13-,14+,15+,16+,17-,18-,19-,20-,21-,22-,23-,24-,25-,26-,27-,28-,29-,30-,31-,32-,33-,34-,35-,36-,37-,38-,39-,40-,41-,42-/m1/s1. The molecule has 9 saturated heterocycles. The minimum absolute atomic E-state index is 1.04. The van der Waals surface area contributed by atoms with Gasteiger partial charge in [0.25, 0.3) is 0 Å². The van der Waals surface area contributed by atoms with E-state index in [-0.39, 0.29) is 0 Å². The van der Waals surface area contributed by atoms with Crippen molar-refractivity contribution in [2.24, 2.45) is 0 Å². The van der Waals surface area contributed by atoms with E-state index < -0.39 is 262 Å². The Morgan fingerprint density at radius 1 is 0.273 bits per heavy atom. The van der Waals surface area contributed by atoms with Gasteiger partial charge in [-0.05, 0) is 0 Å². The first kappa shape index (κ1) is 66.4. The molecule has 9 heterocycles. The molecular formula is C42H76O35. The second kappa shape index (κ2) is 30.2. The van der Waals surface area contributed by atoms with Crippen molar-refractivity contribution in [3.05, 3.63) is 0 Å². The third-order valence-corrected chi connectivity index (χ3v) is 13.7. The van der Waals surface area contributed by atoms with Crippen LogP contribution in [0.3, 0.4) is 0 Å². The average molecular weight is 1140 g/mol. The summed E-state index contributed by atoms with van der Waals surface area (Å²) in [7, 11) is 0. The van der Waals surface area contributed by atoms with E-state index in [2.05, 4.69) is 0 Å². The van der Waals surface area contributed by atoms with Gasteiger partial charge in [0.05, 0.1) is 66.1 Å². The fourth-order valence-corrected chi connectivity index (χ4v) is 9.16. The SMILES string of the molecule is OC[C@@H](O)[C@H]1OC[C@H](O)[C@@H](O)[C@@H]([C@H](O)CO)O[C@H]2O[C@H](CO)[C@@H](O[C@H]3O[C@H](CO)[C@@H](OC[C@H](O)[C@@H](O)[C@@H]([C@H](O)CO)O[C@H]4O[C@H](CO)[C@@H](O[C@H]5O[C@H](CO)[C@@H](OC[C@H](O)[C@H]1O)[C@H](O)[C@H]5O)[C@H](O)[C@H]4O)[C@H](O)[C@H]3O)[C@H](O)[C@H]2O. The van der Waals surface area contributed by atoms with E-state index in [0.29, 0.717) is 0 Å². The molecule has 0 saturated carbocycles. The molecule has 35 nitrogen and oxygen atoms in total. The number of aliphatic hydroxyl groups is 24. The highest BCUT2D eigenvalue weighted by Crippen LogP contribution is 2.34. The van der Waals surface area contributed by atoms with Crippen molar-refractivity contribution in [3.63, 3.8) is 0 Å². The van der Waals surface area contributed by atoms with Gasteiger partial charge < -0.3 is 175 Å². The lowest BCUT2D eigenvalue weighted by Gasteiger charge is -2.47. The van der Waals surface area contributed by atoms with Crippen molar-refractivity contribution in [1.82, 2.24) is 0 Å². The Morgan fingerprint density at radius 3 is 0.818 bits per heavy atom. The summed E-state index contributed by atoms with van der Waals surface area (Å²) in [6.45, 7) is -11.2. The Bertz CT molecular complexity index is 1650. The molecule has 0 radical (unpaired) electrons. The van der Waals surface area contributed by atoms with Crippen molar-refractivity contribution in [3.8, 4) is 0 Å². The van der Waals surface area contributed by atoms with Crippen LogP contribution in [0.15, 0.2) is 0 Å². The van der Waals surface area contributed by atoms with Crippen LogP contribution in [-0.2, 0) is 52.1 Å². The molecule has 32 atom stereocenters. The van der Waals surface area contributed by atoms with Crippen molar-refractivity contribution in [2.75, 3.05) is 66.1 Å². The summed E-state index contributed by atoms with van der Waals surface area (Å²) in [5.74, 6) is 0. The highest BCUT2D eigenvalue weighted by molar-refractivity contribution is 4.99. The first-order valence-corrected chi connectivity index (χ1v) is 24.4. The maximum atomic E-state index is 11.2. The van der Waals surface area contributed by atoms with Gasteiger partial charge in [-0.2, -0.15) is 0 Å². The highest BCUT2D eigenvalue weighted by Gasteiger charge is 2.55. The predicted octanol–water partition coefficient (Wildman–Crippen LogP) is -16.3. The van der Waals surface area contributed by atoms with Gasteiger partial charge in [-0.15, -0.1) is 0 Å². The third kappa shape index (κ3) is 15.4. The second-order valence-corrected chi connectivity index (χ2v) is 19.0. The van der Waals surface area contributed by atoms with Crippen molar-refractivity contribution >= 4 is 0 Å². The predicted molar refractivity (Wildman–Crippen MR) is 235 cm³/mol. The highest BCUT2D eigenvalue weighted by atomic mass is 16.8. The summed E-state index contributed by atoms with van der Waals surface area (Å²) in [5.41, 5.74) is 0. The van der Waals surface area contributed by atoms with Crippen LogP contribution < -0.4 is 0 Å². The molecular weight excluding hydrogens is 1060 g/mol. The molecule has 77 heavy (non-hydrogen) atoms. The zero-order valence-electron chi connectivity index (χ0n) is 40.8. The second-order valence-electron chi connectivity index (χ2n) is 19.0. The van der Waals surface area contributed by atoms with Crippen LogP contribution in [0.1, 0.15) is 0 Å². The lowest BCUT2D eigenvalue weighted by molar-refractivity contribution is -0.371. The van der Waals surface area contributed by atoms with Crippen molar-refractivity contribution in [1.29, 1.82) is 0 Å². The van der Waals surface area contributed by atoms with Crippen molar-refractivity contribution < 1.29 is 175 Å². The van der Waals surface area contributed by atoms with Gasteiger partial charge in [0.2, 0.25) is 0 Å². The van der Waals surface area contributed by atoms with Crippen LogP contribution in [0.25, 0.3) is 0 Å². The number of hydrogen-bond donors (Lipinski definition) is 24. The molecule has 0 unspecified atom stereocenters. The first-order valence-electron chi connectivity index (χ1n) is 24.4. The Morgan fingerprint density at radius 2 is 0.519 bits per heavy atom. The lowest BCUT2D eigenvalue weighted by Crippen LogP contribution is -2.66. The summed E-state index contributed by atoms with van der Waals surface area (Å²) < 4.78 is 60.8. The first-order chi connectivity index (χ1) is 36.4. The minimum Gasteiger partial charge on any atom is -0.394 e. The van der Waals surface area contributed by atoms with Crippen LogP contribution in [0.2, 0.25) is 0 Å². The zero-order valence-corrected chi connectivity index (χ0v) is 40.8. The van der Waals surface area contributed by atoms with E-state index in [1.807, 2.05) is 0 Å². The quantitative estimate of drug-likeness (QED) is 0.0966. The smallest absolute Gasteiger partial charge is 0.187 e. The number of hydrogen-bond acceptors (Lipinski definition) is 35. The summed E-state index contributed by atoms with van der Waals surface area (Å²) in [6, 6.07) is 0. The zero-order chi connectivity index (χ0) is 57.3. The number of ether oxygens (including phenoxy) is 11. The van der Waals surface area contributed by atoms with Gasteiger partial charge >= 0.3 is 0 Å². The van der Waals surface area contributed by atoms with E-state index in [1.165, 1.54) is 0 Å². The molecule has 0 aromatic rings. The monoisotopic (exact) mass is 1140 g/mol.